The number of hydrogen-bond acceptors (Lipinski definition) is 3. The minimum absolute atomic E-state index is 0.181. The van der Waals surface area contributed by atoms with Crippen LogP contribution in [0.25, 0.3) is 0 Å². The van der Waals surface area contributed by atoms with E-state index in [0.29, 0.717) is 17.8 Å². The maximum atomic E-state index is 12.4. The zero-order valence-corrected chi connectivity index (χ0v) is 14.2. The van der Waals surface area contributed by atoms with Crippen molar-refractivity contribution in [2.24, 2.45) is 0 Å². The molecule has 25 heavy (non-hydrogen) atoms. The molecular weight excluding hydrogens is 314 g/mol. The number of nitrogens with one attached hydrogen (secondary N) is 2. The highest BCUT2D eigenvalue weighted by Crippen LogP contribution is 2.36. The van der Waals surface area contributed by atoms with Crippen LogP contribution in [-0.2, 0) is 6.54 Å². The first-order valence-electron chi connectivity index (χ1n) is 8.99. The number of aromatic amines is 1. The lowest BCUT2D eigenvalue weighted by molar-refractivity contribution is 0.0823. The summed E-state index contributed by atoms with van der Waals surface area (Å²) >= 11 is 0. The molecule has 4 rings (SSSR count). The SMILES string of the molecule is O=C(NC1CC2CCC(C1)N2Cc1ccccc1)c1cccc(=O)[nH]1. The molecule has 0 aliphatic carbocycles. The third kappa shape index (κ3) is 3.51. The van der Waals surface area contributed by atoms with Crippen LogP contribution in [0, 0.1) is 0 Å². The molecule has 2 aliphatic heterocycles. The van der Waals surface area contributed by atoms with E-state index >= 15 is 0 Å². The summed E-state index contributed by atoms with van der Waals surface area (Å²) in [5.41, 5.74) is 1.45. The number of aromatic nitrogens is 1. The van der Waals surface area contributed by atoms with E-state index in [-0.39, 0.29) is 17.5 Å². The third-order valence-corrected chi connectivity index (χ3v) is 5.44. The van der Waals surface area contributed by atoms with Crippen molar-refractivity contribution >= 4 is 5.91 Å². The molecule has 2 saturated heterocycles. The minimum atomic E-state index is -0.245. The first kappa shape index (κ1) is 16.1. The van der Waals surface area contributed by atoms with Crippen LogP contribution < -0.4 is 10.9 Å². The Kier molecular flexibility index (Phi) is 4.40. The standard InChI is InChI=1S/C20H23N3O2/c24-19-8-4-7-18(22-19)20(25)21-15-11-16-9-10-17(12-15)23(16)13-14-5-2-1-3-6-14/h1-8,15-17H,9-13H2,(H,21,25)(H,22,24). The number of hydrogen-bond donors (Lipinski definition) is 2. The maximum absolute atomic E-state index is 12.4. The van der Waals surface area contributed by atoms with Crippen LogP contribution in [0.4, 0.5) is 0 Å². The van der Waals surface area contributed by atoms with E-state index in [1.165, 1.54) is 24.5 Å². The van der Waals surface area contributed by atoms with Crippen LogP contribution in [0.2, 0.25) is 0 Å². The van der Waals surface area contributed by atoms with Gasteiger partial charge in [0.1, 0.15) is 5.69 Å². The molecule has 2 unspecified atom stereocenters. The van der Waals surface area contributed by atoms with Crippen molar-refractivity contribution < 1.29 is 4.79 Å². The van der Waals surface area contributed by atoms with Crippen molar-refractivity contribution in [3.63, 3.8) is 0 Å². The lowest BCUT2D eigenvalue weighted by atomic mass is 9.96. The highest BCUT2D eigenvalue weighted by molar-refractivity contribution is 5.92. The highest BCUT2D eigenvalue weighted by Gasteiger charge is 2.40. The predicted octanol–water partition coefficient (Wildman–Crippen LogP) is 2.30. The van der Waals surface area contributed by atoms with E-state index in [4.69, 9.17) is 0 Å². The summed E-state index contributed by atoms with van der Waals surface area (Å²) in [7, 11) is 0. The molecule has 0 saturated carbocycles. The summed E-state index contributed by atoms with van der Waals surface area (Å²) in [5, 5.41) is 3.11. The molecule has 5 nitrogen and oxygen atoms in total. The van der Waals surface area contributed by atoms with Crippen molar-refractivity contribution in [2.75, 3.05) is 0 Å². The normalized spacial score (nSPS) is 25.7. The molecular formula is C20H23N3O2. The second-order valence-corrected chi connectivity index (χ2v) is 7.11. The Morgan fingerprint density at radius 2 is 1.76 bits per heavy atom. The fraction of sp³-hybridized carbons (Fsp3) is 0.400. The van der Waals surface area contributed by atoms with Gasteiger partial charge in [0.15, 0.2) is 0 Å². The fourth-order valence-corrected chi connectivity index (χ4v) is 4.29. The lowest BCUT2D eigenvalue weighted by Gasteiger charge is -2.39. The number of nitrogens with zero attached hydrogens (tertiary/aromatic N) is 1. The molecule has 2 bridgehead atoms. The third-order valence-electron chi connectivity index (χ3n) is 5.44. The zero-order chi connectivity index (χ0) is 17.2. The van der Waals surface area contributed by atoms with E-state index in [1.807, 2.05) is 6.07 Å². The number of fused-ring (bicyclic) bond motifs is 2. The largest absolute Gasteiger partial charge is 0.348 e. The molecule has 2 aliphatic rings. The van der Waals surface area contributed by atoms with E-state index in [0.717, 1.165) is 19.4 Å². The Bertz CT molecular complexity index is 788. The fourth-order valence-electron chi connectivity index (χ4n) is 4.29. The van der Waals surface area contributed by atoms with Gasteiger partial charge in [0.05, 0.1) is 0 Å². The van der Waals surface area contributed by atoms with E-state index in [2.05, 4.69) is 39.5 Å². The summed E-state index contributed by atoms with van der Waals surface area (Å²) in [5.74, 6) is -0.182. The number of amides is 1. The second kappa shape index (κ2) is 6.84. The number of carbonyl (C=O) groups is 1. The van der Waals surface area contributed by atoms with Crippen molar-refractivity contribution in [2.45, 2.75) is 50.4 Å². The van der Waals surface area contributed by atoms with Crippen LogP contribution >= 0.6 is 0 Å². The molecule has 3 heterocycles. The Morgan fingerprint density at radius 3 is 2.44 bits per heavy atom. The monoisotopic (exact) mass is 337 g/mol. The summed E-state index contributed by atoms with van der Waals surface area (Å²) in [6, 6.07) is 16.5. The molecule has 2 fully saturated rings. The quantitative estimate of drug-likeness (QED) is 0.900. The molecule has 0 spiro atoms. The van der Waals surface area contributed by atoms with Gasteiger partial charge in [-0.25, -0.2) is 0 Å². The first-order valence-corrected chi connectivity index (χ1v) is 8.99. The number of benzene rings is 1. The topological polar surface area (TPSA) is 65.2 Å². The van der Waals surface area contributed by atoms with Gasteiger partial charge in [0, 0.05) is 30.7 Å². The van der Waals surface area contributed by atoms with E-state index in [9.17, 15) is 9.59 Å². The molecule has 1 aromatic heterocycles. The van der Waals surface area contributed by atoms with E-state index in [1.54, 1.807) is 12.1 Å². The minimum Gasteiger partial charge on any atom is -0.348 e. The van der Waals surface area contributed by atoms with Gasteiger partial charge in [0.2, 0.25) is 5.56 Å². The molecule has 0 radical (unpaired) electrons. The van der Waals surface area contributed by atoms with Crippen molar-refractivity contribution in [3.05, 3.63) is 70.1 Å². The Morgan fingerprint density at radius 1 is 1.04 bits per heavy atom. The smallest absolute Gasteiger partial charge is 0.268 e. The number of rotatable bonds is 4. The summed E-state index contributed by atoms with van der Waals surface area (Å²) < 4.78 is 0. The van der Waals surface area contributed by atoms with Gasteiger partial charge in [-0.3, -0.25) is 14.5 Å². The predicted molar refractivity (Wildman–Crippen MR) is 96.3 cm³/mol. The highest BCUT2D eigenvalue weighted by atomic mass is 16.2. The summed E-state index contributed by atoms with van der Waals surface area (Å²) in [6.45, 7) is 0.989. The molecule has 2 atom stereocenters. The Labute approximate surface area is 147 Å². The van der Waals surface area contributed by atoms with Gasteiger partial charge in [-0.1, -0.05) is 36.4 Å². The van der Waals surface area contributed by atoms with Gasteiger partial charge >= 0.3 is 0 Å². The average molecular weight is 337 g/mol. The van der Waals surface area contributed by atoms with Crippen LogP contribution in [0.1, 0.15) is 41.7 Å². The van der Waals surface area contributed by atoms with Crippen LogP contribution in [0.3, 0.4) is 0 Å². The number of pyridine rings is 1. The molecule has 130 valence electrons. The number of piperidine rings is 1. The van der Waals surface area contributed by atoms with Crippen molar-refractivity contribution in [1.82, 2.24) is 15.2 Å². The van der Waals surface area contributed by atoms with Gasteiger partial charge < -0.3 is 10.3 Å². The first-order chi connectivity index (χ1) is 12.2. The van der Waals surface area contributed by atoms with Gasteiger partial charge in [0.25, 0.3) is 5.91 Å². The Balaban J connectivity index is 1.40. The number of H-pyrrole nitrogens is 1. The molecule has 1 amide bonds. The van der Waals surface area contributed by atoms with Crippen LogP contribution in [0.15, 0.2) is 53.3 Å². The zero-order valence-electron chi connectivity index (χ0n) is 14.2. The number of carbonyl (C=O) groups excluding carboxylic acids is 1. The van der Waals surface area contributed by atoms with Crippen molar-refractivity contribution in [3.8, 4) is 0 Å². The van der Waals surface area contributed by atoms with Crippen LogP contribution in [0.5, 0.6) is 0 Å². The van der Waals surface area contributed by atoms with E-state index < -0.39 is 0 Å². The Hall–Kier alpha value is -2.40. The van der Waals surface area contributed by atoms with Crippen molar-refractivity contribution in [1.29, 1.82) is 0 Å². The molecule has 5 heteroatoms. The molecule has 1 aromatic carbocycles. The van der Waals surface area contributed by atoms with Gasteiger partial charge in [-0.15, -0.1) is 0 Å². The lowest BCUT2D eigenvalue weighted by Crippen LogP contribution is -2.50. The molecule has 2 N–H and O–H groups in total. The second-order valence-electron chi connectivity index (χ2n) is 7.11. The average Bonchev–Trinajstić information content (AvgIpc) is 2.85. The van der Waals surface area contributed by atoms with Crippen LogP contribution in [-0.4, -0.2) is 33.9 Å². The maximum Gasteiger partial charge on any atom is 0.268 e. The summed E-state index contributed by atoms with van der Waals surface area (Å²) in [6.07, 6.45) is 4.36. The van der Waals surface area contributed by atoms with Gasteiger partial charge in [-0.05, 0) is 37.3 Å². The van der Waals surface area contributed by atoms with Gasteiger partial charge in [-0.2, -0.15) is 0 Å². The molecule has 2 aromatic rings. The summed E-state index contributed by atoms with van der Waals surface area (Å²) in [4.78, 5) is 28.9.